The average molecular weight is 224 g/mol. The van der Waals surface area contributed by atoms with Crippen molar-refractivity contribution in [3.05, 3.63) is 47.7 Å². The number of aromatic nitrogens is 4. The van der Waals surface area contributed by atoms with Crippen LogP contribution in [0.5, 0.6) is 0 Å². The van der Waals surface area contributed by atoms with Crippen molar-refractivity contribution in [1.82, 2.24) is 20.0 Å². The molecule has 0 N–H and O–H groups in total. The van der Waals surface area contributed by atoms with E-state index in [0.29, 0.717) is 0 Å². The number of benzene rings is 1. The summed E-state index contributed by atoms with van der Waals surface area (Å²) in [5.41, 5.74) is 5.01. The molecule has 2 heterocycles. The van der Waals surface area contributed by atoms with Crippen LogP contribution in [0.2, 0.25) is 0 Å². The van der Waals surface area contributed by atoms with E-state index in [4.69, 9.17) is 0 Å². The van der Waals surface area contributed by atoms with Crippen LogP contribution in [0.1, 0.15) is 11.1 Å². The molecular weight excluding hydrogens is 212 g/mol. The quantitative estimate of drug-likeness (QED) is 0.637. The molecule has 0 aliphatic heterocycles. The minimum Gasteiger partial charge on any atom is -0.235 e. The number of rotatable bonds is 1. The highest BCUT2D eigenvalue weighted by atomic mass is 15.4. The van der Waals surface area contributed by atoms with E-state index < -0.39 is 0 Å². The summed E-state index contributed by atoms with van der Waals surface area (Å²) in [7, 11) is 0. The summed E-state index contributed by atoms with van der Waals surface area (Å²) in [5, 5.41) is 8.32. The highest BCUT2D eigenvalue weighted by molar-refractivity contribution is 5.72. The van der Waals surface area contributed by atoms with Crippen LogP contribution in [0, 0.1) is 13.8 Å². The zero-order chi connectivity index (χ0) is 11.8. The number of hydrogen-bond donors (Lipinski definition) is 0. The molecule has 0 unspecified atom stereocenters. The van der Waals surface area contributed by atoms with Gasteiger partial charge in [0.15, 0.2) is 5.65 Å². The van der Waals surface area contributed by atoms with Gasteiger partial charge in [0.2, 0.25) is 0 Å². The van der Waals surface area contributed by atoms with Crippen LogP contribution < -0.4 is 0 Å². The monoisotopic (exact) mass is 224 g/mol. The molecule has 4 nitrogen and oxygen atoms in total. The second-order valence-electron chi connectivity index (χ2n) is 4.09. The summed E-state index contributed by atoms with van der Waals surface area (Å²) < 4.78 is 1.81. The Morgan fingerprint density at radius 3 is 2.53 bits per heavy atom. The van der Waals surface area contributed by atoms with Gasteiger partial charge < -0.3 is 0 Å². The molecule has 3 aromatic rings. The van der Waals surface area contributed by atoms with Crippen molar-refractivity contribution in [2.24, 2.45) is 0 Å². The van der Waals surface area contributed by atoms with Gasteiger partial charge in [0.1, 0.15) is 5.52 Å². The zero-order valence-corrected chi connectivity index (χ0v) is 9.75. The van der Waals surface area contributed by atoms with Gasteiger partial charge in [0.25, 0.3) is 0 Å². The van der Waals surface area contributed by atoms with Gasteiger partial charge in [-0.3, -0.25) is 0 Å². The van der Waals surface area contributed by atoms with E-state index in [0.717, 1.165) is 16.9 Å². The van der Waals surface area contributed by atoms with Crippen LogP contribution in [0.4, 0.5) is 0 Å². The Kier molecular flexibility index (Phi) is 2.14. The fourth-order valence-corrected chi connectivity index (χ4v) is 2.06. The third kappa shape index (κ3) is 1.49. The fraction of sp³-hybridized carbons (Fsp3) is 0.154. The maximum Gasteiger partial charge on any atom is 0.183 e. The van der Waals surface area contributed by atoms with E-state index in [2.05, 4.69) is 41.3 Å². The Bertz CT molecular complexity index is 664. The van der Waals surface area contributed by atoms with Crippen LogP contribution in [-0.4, -0.2) is 20.0 Å². The van der Waals surface area contributed by atoms with Crippen molar-refractivity contribution in [1.29, 1.82) is 0 Å². The predicted molar refractivity (Wildman–Crippen MR) is 66.1 cm³/mol. The summed E-state index contributed by atoms with van der Waals surface area (Å²) >= 11 is 0. The van der Waals surface area contributed by atoms with E-state index in [1.54, 1.807) is 10.9 Å². The van der Waals surface area contributed by atoms with Gasteiger partial charge in [-0.2, -0.15) is 4.68 Å². The molecule has 2 aromatic heterocycles. The van der Waals surface area contributed by atoms with Crippen molar-refractivity contribution < 1.29 is 0 Å². The van der Waals surface area contributed by atoms with E-state index in [1.165, 1.54) is 11.1 Å². The topological polar surface area (TPSA) is 43.6 Å². The first-order valence-electron chi connectivity index (χ1n) is 5.50. The lowest BCUT2D eigenvalue weighted by atomic mass is 10.1. The number of aryl methyl sites for hydroxylation is 2. The SMILES string of the molecule is Cc1cccc(C)c1-n1nnc2cccnc21. The van der Waals surface area contributed by atoms with Crippen molar-refractivity contribution in [2.45, 2.75) is 13.8 Å². The standard InChI is InChI=1S/C13H12N4/c1-9-5-3-6-10(2)12(9)17-13-11(15-16-17)7-4-8-14-13/h3-8H,1-2H3. The highest BCUT2D eigenvalue weighted by Crippen LogP contribution is 2.20. The Morgan fingerprint density at radius 1 is 1.00 bits per heavy atom. The van der Waals surface area contributed by atoms with Crippen LogP contribution in [0.15, 0.2) is 36.5 Å². The minimum atomic E-state index is 0.796. The van der Waals surface area contributed by atoms with Gasteiger partial charge in [-0.05, 0) is 37.1 Å². The van der Waals surface area contributed by atoms with Crippen LogP contribution in [0.3, 0.4) is 0 Å². The molecule has 0 fully saturated rings. The van der Waals surface area contributed by atoms with E-state index in [-0.39, 0.29) is 0 Å². The average Bonchev–Trinajstić information content (AvgIpc) is 2.73. The summed E-state index contributed by atoms with van der Waals surface area (Å²) in [4.78, 5) is 4.34. The number of fused-ring (bicyclic) bond motifs is 1. The molecule has 0 spiro atoms. The zero-order valence-electron chi connectivity index (χ0n) is 9.75. The number of hydrogen-bond acceptors (Lipinski definition) is 3. The van der Waals surface area contributed by atoms with E-state index in [9.17, 15) is 0 Å². The van der Waals surface area contributed by atoms with Crippen molar-refractivity contribution in [3.63, 3.8) is 0 Å². The molecule has 0 saturated heterocycles. The lowest BCUT2D eigenvalue weighted by molar-refractivity contribution is 0.807. The highest BCUT2D eigenvalue weighted by Gasteiger charge is 2.11. The molecule has 0 aliphatic rings. The lowest BCUT2D eigenvalue weighted by Crippen LogP contribution is -2.02. The first kappa shape index (κ1) is 9.96. The Hall–Kier alpha value is -2.23. The largest absolute Gasteiger partial charge is 0.235 e. The molecule has 0 amide bonds. The molecule has 0 bridgehead atoms. The van der Waals surface area contributed by atoms with Gasteiger partial charge in [-0.25, -0.2) is 4.98 Å². The van der Waals surface area contributed by atoms with Crippen LogP contribution >= 0.6 is 0 Å². The number of nitrogens with zero attached hydrogens (tertiary/aromatic N) is 4. The molecule has 1 aromatic carbocycles. The second-order valence-corrected chi connectivity index (χ2v) is 4.09. The molecule has 0 atom stereocenters. The number of para-hydroxylation sites is 1. The first-order valence-corrected chi connectivity index (χ1v) is 5.50. The molecule has 3 rings (SSSR count). The van der Waals surface area contributed by atoms with Crippen LogP contribution in [-0.2, 0) is 0 Å². The molecular formula is C13H12N4. The normalized spacial score (nSPS) is 10.9. The van der Waals surface area contributed by atoms with Crippen molar-refractivity contribution in [3.8, 4) is 5.69 Å². The maximum atomic E-state index is 4.34. The third-order valence-corrected chi connectivity index (χ3v) is 2.86. The second kappa shape index (κ2) is 3.66. The van der Waals surface area contributed by atoms with Crippen molar-refractivity contribution in [2.75, 3.05) is 0 Å². The molecule has 0 saturated carbocycles. The molecule has 0 radical (unpaired) electrons. The van der Waals surface area contributed by atoms with Gasteiger partial charge in [-0.15, -0.1) is 5.10 Å². The molecule has 0 aliphatic carbocycles. The van der Waals surface area contributed by atoms with E-state index >= 15 is 0 Å². The Morgan fingerprint density at radius 2 is 1.76 bits per heavy atom. The third-order valence-electron chi connectivity index (χ3n) is 2.86. The Labute approximate surface area is 98.9 Å². The summed E-state index contributed by atoms with van der Waals surface area (Å²) in [6.07, 6.45) is 1.76. The molecule has 17 heavy (non-hydrogen) atoms. The first-order chi connectivity index (χ1) is 8.27. The molecule has 4 heteroatoms. The minimum absolute atomic E-state index is 0.796. The van der Waals surface area contributed by atoms with Gasteiger partial charge in [0.05, 0.1) is 5.69 Å². The lowest BCUT2D eigenvalue weighted by Gasteiger charge is -2.08. The fourth-order valence-electron chi connectivity index (χ4n) is 2.06. The summed E-state index contributed by atoms with van der Waals surface area (Å²) in [6, 6.07) is 9.96. The van der Waals surface area contributed by atoms with Gasteiger partial charge >= 0.3 is 0 Å². The van der Waals surface area contributed by atoms with Crippen molar-refractivity contribution >= 4 is 11.2 Å². The summed E-state index contributed by atoms with van der Waals surface area (Å²) in [5.74, 6) is 0. The maximum absolute atomic E-state index is 4.34. The molecule has 84 valence electrons. The van der Waals surface area contributed by atoms with Gasteiger partial charge in [-0.1, -0.05) is 23.4 Å². The smallest absolute Gasteiger partial charge is 0.183 e. The van der Waals surface area contributed by atoms with E-state index in [1.807, 2.05) is 18.2 Å². The van der Waals surface area contributed by atoms with Gasteiger partial charge in [0, 0.05) is 6.20 Å². The predicted octanol–water partition coefficient (Wildman–Crippen LogP) is 2.43. The summed E-state index contributed by atoms with van der Waals surface area (Å²) in [6.45, 7) is 4.14. The van der Waals surface area contributed by atoms with Crippen LogP contribution in [0.25, 0.3) is 16.9 Å². The Balaban J connectivity index is 2.35. The number of pyridine rings is 1.